The van der Waals surface area contributed by atoms with Gasteiger partial charge in [-0.25, -0.2) is 0 Å². The molecule has 1 aromatic heterocycles. The summed E-state index contributed by atoms with van der Waals surface area (Å²) < 4.78 is 0.761. The van der Waals surface area contributed by atoms with Crippen molar-refractivity contribution in [3.63, 3.8) is 0 Å². The molecule has 88 valence electrons. The largest absolute Gasteiger partial charge is 0.323 e. The molecule has 1 aliphatic rings. The minimum absolute atomic E-state index is 0.153. The molecular formula is C12H12BrN3O. The summed E-state index contributed by atoms with van der Waals surface area (Å²) in [6.45, 7) is 0. The van der Waals surface area contributed by atoms with Crippen molar-refractivity contribution in [1.29, 1.82) is 5.26 Å². The smallest absolute Gasteiger partial charge is 0.256 e. The van der Waals surface area contributed by atoms with E-state index in [1.807, 2.05) is 0 Å². The highest BCUT2D eigenvalue weighted by Gasteiger charge is 2.43. The van der Waals surface area contributed by atoms with E-state index in [4.69, 9.17) is 0 Å². The van der Waals surface area contributed by atoms with E-state index < -0.39 is 5.54 Å². The lowest BCUT2D eigenvalue weighted by atomic mass is 9.76. The van der Waals surface area contributed by atoms with Crippen molar-refractivity contribution in [3.8, 4) is 6.07 Å². The summed E-state index contributed by atoms with van der Waals surface area (Å²) in [5, 5.41) is 9.19. The Morgan fingerprint density at radius 3 is 2.76 bits per heavy atom. The van der Waals surface area contributed by atoms with Crippen LogP contribution in [0.1, 0.15) is 29.6 Å². The van der Waals surface area contributed by atoms with Gasteiger partial charge in [-0.05, 0) is 41.3 Å². The van der Waals surface area contributed by atoms with Crippen molar-refractivity contribution < 1.29 is 4.79 Å². The van der Waals surface area contributed by atoms with Crippen LogP contribution in [0.3, 0.4) is 0 Å². The van der Waals surface area contributed by atoms with Crippen LogP contribution in [0, 0.1) is 11.3 Å². The standard InChI is InChI=1S/C12H12BrN3O/c1-16(12(8-14)3-2-4-12)11(17)9-5-10(13)7-15-6-9/h5-7H,2-4H2,1H3. The first-order chi connectivity index (χ1) is 8.09. The van der Waals surface area contributed by atoms with Crippen LogP contribution in [-0.2, 0) is 0 Å². The van der Waals surface area contributed by atoms with Crippen LogP contribution >= 0.6 is 15.9 Å². The number of nitriles is 1. The van der Waals surface area contributed by atoms with Crippen molar-refractivity contribution >= 4 is 21.8 Å². The van der Waals surface area contributed by atoms with Crippen LogP contribution in [0.2, 0.25) is 0 Å². The fourth-order valence-corrected chi connectivity index (χ4v) is 2.32. The zero-order valence-electron chi connectivity index (χ0n) is 9.48. The zero-order valence-corrected chi connectivity index (χ0v) is 11.1. The summed E-state index contributed by atoms with van der Waals surface area (Å²) in [5.74, 6) is -0.153. The number of pyridine rings is 1. The third kappa shape index (κ3) is 2.05. The Morgan fingerprint density at radius 2 is 2.29 bits per heavy atom. The number of amides is 1. The second-order valence-electron chi connectivity index (χ2n) is 4.25. The van der Waals surface area contributed by atoms with E-state index in [0.717, 1.165) is 23.7 Å². The Balaban J connectivity index is 2.24. The van der Waals surface area contributed by atoms with E-state index in [1.54, 1.807) is 24.2 Å². The molecule has 0 bridgehead atoms. The minimum Gasteiger partial charge on any atom is -0.323 e. The first-order valence-electron chi connectivity index (χ1n) is 5.39. The Morgan fingerprint density at radius 1 is 1.59 bits per heavy atom. The van der Waals surface area contributed by atoms with Gasteiger partial charge in [-0.2, -0.15) is 5.26 Å². The third-order valence-corrected chi connectivity index (χ3v) is 3.72. The molecule has 0 aliphatic heterocycles. The second kappa shape index (κ2) is 4.46. The SMILES string of the molecule is CN(C(=O)c1cncc(Br)c1)C1(C#N)CCC1. The maximum Gasteiger partial charge on any atom is 0.256 e. The molecule has 0 saturated heterocycles. The van der Waals surface area contributed by atoms with Gasteiger partial charge in [0.2, 0.25) is 0 Å². The molecule has 1 fully saturated rings. The highest BCUT2D eigenvalue weighted by molar-refractivity contribution is 9.10. The second-order valence-corrected chi connectivity index (χ2v) is 5.17. The highest BCUT2D eigenvalue weighted by atomic mass is 79.9. The summed E-state index contributed by atoms with van der Waals surface area (Å²) in [7, 11) is 1.69. The Hall–Kier alpha value is -1.41. The van der Waals surface area contributed by atoms with Gasteiger partial charge < -0.3 is 4.90 Å². The molecule has 1 heterocycles. The quantitative estimate of drug-likeness (QED) is 0.841. The molecule has 5 heteroatoms. The number of rotatable bonds is 2. The predicted molar refractivity (Wildman–Crippen MR) is 66.2 cm³/mol. The van der Waals surface area contributed by atoms with E-state index in [9.17, 15) is 10.1 Å². The molecule has 1 saturated carbocycles. The summed E-state index contributed by atoms with van der Waals surface area (Å²) in [5.41, 5.74) is -0.109. The first kappa shape index (κ1) is 12.1. The Bertz CT molecular complexity index is 491. The topological polar surface area (TPSA) is 57.0 Å². The molecule has 0 atom stereocenters. The molecule has 17 heavy (non-hydrogen) atoms. The number of aromatic nitrogens is 1. The zero-order chi connectivity index (χ0) is 12.5. The van der Waals surface area contributed by atoms with Crippen LogP contribution in [0.4, 0.5) is 0 Å². The van der Waals surface area contributed by atoms with E-state index in [2.05, 4.69) is 27.0 Å². The van der Waals surface area contributed by atoms with Crippen LogP contribution in [-0.4, -0.2) is 28.4 Å². The van der Waals surface area contributed by atoms with E-state index >= 15 is 0 Å². The summed E-state index contributed by atoms with van der Waals surface area (Å²) in [6, 6.07) is 3.97. The lowest BCUT2D eigenvalue weighted by Crippen LogP contribution is -2.53. The van der Waals surface area contributed by atoms with Gasteiger partial charge in [0.25, 0.3) is 5.91 Å². The third-order valence-electron chi connectivity index (χ3n) is 3.29. The predicted octanol–water partition coefficient (Wildman–Crippen LogP) is 2.36. The molecule has 0 aromatic carbocycles. The van der Waals surface area contributed by atoms with Crippen molar-refractivity contribution in [2.75, 3.05) is 7.05 Å². The minimum atomic E-state index is -0.612. The van der Waals surface area contributed by atoms with Gasteiger partial charge in [0.05, 0.1) is 11.6 Å². The molecule has 1 aromatic rings. The number of carbonyl (C=O) groups excluding carboxylic acids is 1. The summed E-state index contributed by atoms with van der Waals surface area (Å²) >= 11 is 3.28. The number of hydrogen-bond donors (Lipinski definition) is 0. The van der Waals surface area contributed by atoms with E-state index in [0.29, 0.717) is 5.56 Å². The van der Waals surface area contributed by atoms with Gasteiger partial charge in [-0.15, -0.1) is 0 Å². The van der Waals surface area contributed by atoms with Gasteiger partial charge in [0.1, 0.15) is 5.54 Å². The monoisotopic (exact) mass is 293 g/mol. The molecule has 0 radical (unpaired) electrons. The molecule has 1 amide bonds. The van der Waals surface area contributed by atoms with Crippen molar-refractivity contribution in [2.45, 2.75) is 24.8 Å². The van der Waals surface area contributed by atoms with Gasteiger partial charge >= 0.3 is 0 Å². The molecule has 0 unspecified atom stereocenters. The molecule has 4 nitrogen and oxygen atoms in total. The van der Waals surface area contributed by atoms with Crippen LogP contribution in [0.5, 0.6) is 0 Å². The van der Waals surface area contributed by atoms with Gasteiger partial charge in [0, 0.05) is 23.9 Å². The van der Waals surface area contributed by atoms with E-state index in [-0.39, 0.29) is 5.91 Å². The fourth-order valence-electron chi connectivity index (χ4n) is 1.95. The lowest BCUT2D eigenvalue weighted by molar-refractivity contribution is 0.0497. The number of carbonyl (C=O) groups is 1. The van der Waals surface area contributed by atoms with E-state index in [1.165, 1.54) is 6.20 Å². The summed E-state index contributed by atoms with van der Waals surface area (Å²) in [4.78, 5) is 17.7. The molecule has 0 N–H and O–H groups in total. The number of halogens is 1. The number of nitrogens with zero attached hydrogens (tertiary/aromatic N) is 3. The highest BCUT2D eigenvalue weighted by Crippen LogP contribution is 2.36. The first-order valence-corrected chi connectivity index (χ1v) is 6.18. The average Bonchev–Trinajstić information content (AvgIpc) is 2.27. The molecular weight excluding hydrogens is 282 g/mol. The average molecular weight is 294 g/mol. The number of hydrogen-bond acceptors (Lipinski definition) is 3. The fraction of sp³-hybridized carbons (Fsp3) is 0.417. The van der Waals surface area contributed by atoms with Crippen molar-refractivity contribution in [3.05, 3.63) is 28.5 Å². The van der Waals surface area contributed by atoms with Gasteiger partial charge in [0.15, 0.2) is 0 Å². The normalized spacial score (nSPS) is 16.8. The maximum absolute atomic E-state index is 12.2. The Labute approximate surface area is 108 Å². The van der Waals surface area contributed by atoms with Gasteiger partial charge in [-0.3, -0.25) is 9.78 Å². The van der Waals surface area contributed by atoms with Crippen molar-refractivity contribution in [2.24, 2.45) is 0 Å². The van der Waals surface area contributed by atoms with Crippen LogP contribution in [0.15, 0.2) is 22.9 Å². The maximum atomic E-state index is 12.2. The lowest BCUT2D eigenvalue weighted by Gasteiger charge is -2.42. The molecule has 1 aliphatic carbocycles. The van der Waals surface area contributed by atoms with Crippen LogP contribution < -0.4 is 0 Å². The summed E-state index contributed by atoms with van der Waals surface area (Å²) in [6.07, 6.45) is 5.66. The Kier molecular flexibility index (Phi) is 3.16. The molecule has 0 spiro atoms. The molecule has 2 rings (SSSR count). The van der Waals surface area contributed by atoms with Crippen LogP contribution in [0.25, 0.3) is 0 Å². The van der Waals surface area contributed by atoms with Crippen molar-refractivity contribution in [1.82, 2.24) is 9.88 Å². The van der Waals surface area contributed by atoms with Gasteiger partial charge in [-0.1, -0.05) is 0 Å².